The maximum Gasteiger partial charge on any atom is 0.272 e. The third-order valence-corrected chi connectivity index (χ3v) is 3.67. The Labute approximate surface area is 108 Å². The van der Waals surface area contributed by atoms with E-state index in [9.17, 15) is 22.9 Å². The minimum absolute atomic E-state index is 0.171. The molecule has 0 saturated carbocycles. The van der Waals surface area contributed by atoms with Gasteiger partial charge in [-0.15, -0.1) is 0 Å². The summed E-state index contributed by atoms with van der Waals surface area (Å²) in [6.45, 7) is 1.32. The molecule has 1 aromatic carbocycles. The highest BCUT2D eigenvalue weighted by atomic mass is 32.2. The summed E-state index contributed by atoms with van der Waals surface area (Å²) >= 11 is 0. The highest BCUT2D eigenvalue weighted by molar-refractivity contribution is 7.89. The number of benzene rings is 1. The monoisotopic (exact) mass is 287 g/mol. The number of hydrogen-bond donors (Lipinski definition) is 1. The smallest absolute Gasteiger partial charge is 0.258 e. The summed E-state index contributed by atoms with van der Waals surface area (Å²) in [5.74, 6) is -1.79. The van der Waals surface area contributed by atoms with Crippen molar-refractivity contribution in [2.24, 2.45) is 5.92 Å². The van der Waals surface area contributed by atoms with Gasteiger partial charge in [-0.25, -0.2) is 17.5 Å². The van der Waals surface area contributed by atoms with E-state index in [4.69, 9.17) is 5.26 Å². The summed E-state index contributed by atoms with van der Waals surface area (Å²) in [7, 11) is -4.14. The molecular formula is C10H10FN3O4S. The molecule has 0 aromatic heterocycles. The van der Waals surface area contributed by atoms with E-state index in [0.717, 1.165) is 12.1 Å². The Kier molecular flexibility index (Phi) is 4.52. The molecule has 1 aromatic rings. The van der Waals surface area contributed by atoms with Crippen molar-refractivity contribution in [2.45, 2.75) is 11.8 Å². The van der Waals surface area contributed by atoms with Crippen LogP contribution in [0.2, 0.25) is 0 Å². The normalized spacial score (nSPS) is 12.7. The second-order valence-corrected chi connectivity index (χ2v) is 5.49. The van der Waals surface area contributed by atoms with Gasteiger partial charge in [-0.05, 0) is 13.0 Å². The molecule has 0 aliphatic rings. The molecule has 0 fully saturated rings. The largest absolute Gasteiger partial charge is 0.272 e. The number of hydrogen-bond acceptors (Lipinski definition) is 5. The van der Waals surface area contributed by atoms with Gasteiger partial charge in [-0.1, -0.05) is 0 Å². The van der Waals surface area contributed by atoms with E-state index in [1.807, 2.05) is 6.07 Å². The van der Waals surface area contributed by atoms with Gasteiger partial charge in [0.05, 0.1) is 23.0 Å². The highest BCUT2D eigenvalue weighted by Gasteiger charge is 2.22. The second kappa shape index (κ2) is 5.73. The number of sulfonamides is 1. The molecule has 0 saturated heterocycles. The van der Waals surface area contributed by atoms with Gasteiger partial charge >= 0.3 is 0 Å². The van der Waals surface area contributed by atoms with Gasteiger partial charge in [-0.2, -0.15) is 5.26 Å². The van der Waals surface area contributed by atoms with Crippen molar-refractivity contribution >= 4 is 15.7 Å². The predicted molar refractivity (Wildman–Crippen MR) is 63.0 cm³/mol. The molecule has 1 atom stereocenters. The summed E-state index contributed by atoms with van der Waals surface area (Å²) < 4.78 is 39.0. The van der Waals surface area contributed by atoms with Crippen LogP contribution in [0.4, 0.5) is 10.1 Å². The Balaban J connectivity index is 3.03. The maximum atomic E-state index is 13.5. The van der Waals surface area contributed by atoms with Crippen LogP contribution in [0.3, 0.4) is 0 Å². The third-order valence-electron chi connectivity index (χ3n) is 2.22. The van der Waals surface area contributed by atoms with E-state index in [2.05, 4.69) is 4.72 Å². The fourth-order valence-corrected chi connectivity index (χ4v) is 2.37. The summed E-state index contributed by atoms with van der Waals surface area (Å²) in [5, 5.41) is 18.9. The lowest BCUT2D eigenvalue weighted by atomic mass is 10.2. The van der Waals surface area contributed by atoms with Crippen LogP contribution < -0.4 is 4.72 Å². The lowest BCUT2D eigenvalue weighted by Gasteiger charge is -2.08. The van der Waals surface area contributed by atoms with E-state index in [0.29, 0.717) is 6.07 Å². The van der Waals surface area contributed by atoms with Gasteiger partial charge in [0.15, 0.2) is 0 Å². The number of non-ortho nitro benzene ring substituents is 1. The van der Waals surface area contributed by atoms with Gasteiger partial charge in [-0.3, -0.25) is 10.1 Å². The molecule has 0 aliphatic heterocycles. The summed E-state index contributed by atoms with van der Waals surface area (Å²) in [6.07, 6.45) is 0. The lowest BCUT2D eigenvalue weighted by molar-refractivity contribution is -0.385. The highest BCUT2D eigenvalue weighted by Crippen LogP contribution is 2.20. The molecule has 19 heavy (non-hydrogen) atoms. The standard InChI is InChI=1S/C10H10FN3O4S/c1-7(5-12)6-13-19(17,18)10-3-2-8(14(15)16)4-9(10)11/h2-4,7,13H,6H2,1H3. The van der Waals surface area contributed by atoms with E-state index in [1.54, 1.807) is 0 Å². The van der Waals surface area contributed by atoms with Crippen molar-refractivity contribution < 1.29 is 17.7 Å². The van der Waals surface area contributed by atoms with Gasteiger partial charge < -0.3 is 0 Å². The molecule has 0 amide bonds. The van der Waals surface area contributed by atoms with Crippen molar-refractivity contribution in [1.29, 1.82) is 5.26 Å². The number of nitro groups is 1. The van der Waals surface area contributed by atoms with Crippen molar-refractivity contribution in [3.8, 4) is 6.07 Å². The molecule has 0 radical (unpaired) electrons. The Morgan fingerprint density at radius 1 is 1.58 bits per heavy atom. The molecule has 1 N–H and O–H groups in total. The van der Waals surface area contributed by atoms with Crippen LogP contribution in [-0.2, 0) is 10.0 Å². The molecule has 0 heterocycles. The van der Waals surface area contributed by atoms with Crippen molar-refractivity contribution in [3.63, 3.8) is 0 Å². The van der Waals surface area contributed by atoms with Crippen LogP contribution in [0.25, 0.3) is 0 Å². The number of nitrogens with zero attached hydrogens (tertiary/aromatic N) is 2. The van der Waals surface area contributed by atoms with Crippen LogP contribution in [0, 0.1) is 33.2 Å². The average molecular weight is 287 g/mol. The number of rotatable bonds is 5. The predicted octanol–water partition coefficient (Wildman–Crippen LogP) is 1.17. The molecule has 0 bridgehead atoms. The number of halogens is 1. The van der Waals surface area contributed by atoms with Crippen LogP contribution in [-0.4, -0.2) is 19.9 Å². The van der Waals surface area contributed by atoms with Crippen LogP contribution in [0.5, 0.6) is 0 Å². The van der Waals surface area contributed by atoms with Crippen LogP contribution >= 0.6 is 0 Å². The van der Waals surface area contributed by atoms with E-state index < -0.39 is 37.3 Å². The first-order chi connectivity index (χ1) is 8.77. The quantitative estimate of drug-likeness (QED) is 0.645. The van der Waals surface area contributed by atoms with Gasteiger partial charge in [0.1, 0.15) is 10.7 Å². The zero-order valence-corrected chi connectivity index (χ0v) is 10.6. The fraction of sp³-hybridized carbons (Fsp3) is 0.300. The Hall–Kier alpha value is -2.05. The number of nitrogens with one attached hydrogen (secondary N) is 1. The summed E-state index contributed by atoms with van der Waals surface area (Å²) in [4.78, 5) is 8.89. The van der Waals surface area contributed by atoms with Crippen LogP contribution in [0.15, 0.2) is 23.1 Å². The van der Waals surface area contributed by atoms with Gasteiger partial charge in [0.25, 0.3) is 5.69 Å². The molecule has 1 rings (SSSR count). The fourth-order valence-electron chi connectivity index (χ4n) is 1.18. The first-order valence-corrected chi connectivity index (χ1v) is 6.59. The first-order valence-electron chi connectivity index (χ1n) is 5.11. The van der Waals surface area contributed by atoms with Crippen molar-refractivity contribution in [3.05, 3.63) is 34.1 Å². The molecule has 102 valence electrons. The number of nitriles is 1. The Morgan fingerprint density at radius 2 is 2.21 bits per heavy atom. The van der Waals surface area contributed by atoms with E-state index >= 15 is 0 Å². The zero-order valence-electron chi connectivity index (χ0n) is 9.83. The lowest BCUT2D eigenvalue weighted by Crippen LogP contribution is -2.28. The molecule has 9 heteroatoms. The average Bonchev–Trinajstić information content (AvgIpc) is 2.35. The third kappa shape index (κ3) is 3.70. The van der Waals surface area contributed by atoms with Crippen molar-refractivity contribution in [2.75, 3.05) is 6.54 Å². The molecule has 7 nitrogen and oxygen atoms in total. The number of nitro benzene ring substituents is 1. The topological polar surface area (TPSA) is 113 Å². The van der Waals surface area contributed by atoms with Gasteiger partial charge in [0, 0.05) is 12.6 Å². The Morgan fingerprint density at radius 3 is 2.68 bits per heavy atom. The Bertz CT molecular complexity index is 639. The summed E-state index contributed by atoms with van der Waals surface area (Å²) in [5.41, 5.74) is -0.540. The molecule has 1 unspecified atom stereocenters. The van der Waals surface area contributed by atoms with E-state index in [-0.39, 0.29) is 6.54 Å². The molecule has 0 spiro atoms. The second-order valence-electron chi connectivity index (χ2n) is 3.75. The molecule has 0 aliphatic carbocycles. The van der Waals surface area contributed by atoms with Crippen molar-refractivity contribution in [1.82, 2.24) is 4.72 Å². The molecular weight excluding hydrogens is 277 g/mol. The summed E-state index contributed by atoms with van der Waals surface area (Å²) in [6, 6.07) is 4.05. The minimum atomic E-state index is -4.14. The van der Waals surface area contributed by atoms with Crippen LogP contribution in [0.1, 0.15) is 6.92 Å². The minimum Gasteiger partial charge on any atom is -0.258 e. The first kappa shape index (κ1) is 15.0. The van der Waals surface area contributed by atoms with Gasteiger partial charge in [0.2, 0.25) is 10.0 Å². The van der Waals surface area contributed by atoms with E-state index in [1.165, 1.54) is 6.92 Å². The maximum absolute atomic E-state index is 13.5. The SMILES string of the molecule is CC(C#N)CNS(=O)(=O)c1ccc([N+](=O)[O-])cc1F. The zero-order chi connectivity index (χ0) is 14.6.